The summed E-state index contributed by atoms with van der Waals surface area (Å²) < 4.78 is 5.91. The van der Waals surface area contributed by atoms with Crippen LogP contribution < -0.4 is 4.43 Å². The highest BCUT2D eigenvalue weighted by Gasteiger charge is 2.17. The maximum absolute atomic E-state index is 11.2. The fourth-order valence-corrected chi connectivity index (χ4v) is 2.14. The van der Waals surface area contributed by atoms with Crippen LogP contribution >= 0.6 is 0 Å². The Morgan fingerprint density at radius 2 is 1.87 bits per heavy atom. The van der Waals surface area contributed by atoms with Crippen molar-refractivity contribution in [1.82, 2.24) is 0 Å². The van der Waals surface area contributed by atoms with Gasteiger partial charge in [-0.1, -0.05) is 12.1 Å². The Kier molecular flexibility index (Phi) is 3.34. The van der Waals surface area contributed by atoms with Gasteiger partial charge in [0.25, 0.3) is 0 Å². The smallest absolute Gasteiger partial charge is 0.242 e. The van der Waals surface area contributed by atoms with Crippen molar-refractivity contribution in [2.45, 2.75) is 33.5 Å². The van der Waals surface area contributed by atoms with E-state index in [1.54, 1.807) is 6.92 Å². The molecule has 0 fully saturated rings. The monoisotopic (exact) mass is 222 g/mol. The van der Waals surface area contributed by atoms with Gasteiger partial charge in [-0.05, 0) is 45.1 Å². The first-order valence-corrected chi connectivity index (χ1v) is 8.51. The van der Waals surface area contributed by atoms with Crippen molar-refractivity contribution < 1.29 is 9.22 Å². The molecule has 0 heterocycles. The highest BCUT2D eigenvalue weighted by molar-refractivity contribution is 6.70. The van der Waals surface area contributed by atoms with E-state index >= 15 is 0 Å². The van der Waals surface area contributed by atoms with Crippen molar-refractivity contribution >= 4 is 14.1 Å². The fourth-order valence-electron chi connectivity index (χ4n) is 1.26. The topological polar surface area (TPSA) is 26.3 Å². The molecule has 3 heteroatoms. The zero-order chi connectivity index (χ0) is 11.6. The third-order valence-corrected chi connectivity index (χ3v) is 2.84. The van der Waals surface area contributed by atoms with Crippen LogP contribution in [-0.4, -0.2) is 14.1 Å². The first-order valence-electron chi connectivity index (χ1n) is 5.10. The fraction of sp³-hybridized carbons (Fsp3) is 0.417. The summed E-state index contributed by atoms with van der Waals surface area (Å²) in [7, 11) is -1.60. The van der Waals surface area contributed by atoms with Crippen molar-refractivity contribution in [3.05, 3.63) is 29.3 Å². The summed E-state index contributed by atoms with van der Waals surface area (Å²) in [5, 5.41) is 0. The van der Waals surface area contributed by atoms with Gasteiger partial charge in [0.1, 0.15) is 5.75 Å². The third kappa shape index (κ3) is 3.51. The summed E-state index contributed by atoms with van der Waals surface area (Å²) in [4.78, 5) is 11.2. The first-order chi connectivity index (χ1) is 6.79. The van der Waals surface area contributed by atoms with E-state index < -0.39 is 8.32 Å². The molecule has 0 spiro atoms. The molecule has 0 saturated carbocycles. The third-order valence-electron chi connectivity index (χ3n) is 2.01. The van der Waals surface area contributed by atoms with Gasteiger partial charge in [-0.2, -0.15) is 0 Å². The van der Waals surface area contributed by atoms with Crippen LogP contribution in [0.2, 0.25) is 19.6 Å². The number of hydrogen-bond donors (Lipinski definition) is 0. The molecule has 0 atom stereocenters. The first kappa shape index (κ1) is 12.0. The molecule has 2 nitrogen and oxygen atoms in total. The normalized spacial score (nSPS) is 11.3. The lowest BCUT2D eigenvalue weighted by Gasteiger charge is -2.21. The van der Waals surface area contributed by atoms with Gasteiger partial charge in [-0.25, -0.2) is 0 Å². The predicted molar refractivity (Wildman–Crippen MR) is 65.2 cm³/mol. The second-order valence-corrected chi connectivity index (χ2v) is 9.18. The number of hydrogen-bond acceptors (Lipinski definition) is 2. The van der Waals surface area contributed by atoms with Crippen molar-refractivity contribution in [3.63, 3.8) is 0 Å². The Labute approximate surface area is 92.4 Å². The predicted octanol–water partition coefficient (Wildman–Crippen LogP) is 3.41. The minimum Gasteiger partial charge on any atom is -0.544 e. The number of aryl methyl sites for hydroxylation is 1. The van der Waals surface area contributed by atoms with Crippen molar-refractivity contribution in [2.75, 3.05) is 0 Å². The number of carbonyl (C=O) groups excluding carboxylic acids is 1. The van der Waals surface area contributed by atoms with Gasteiger partial charge in [0.05, 0.1) is 0 Å². The average Bonchev–Trinajstić information content (AvgIpc) is 2.06. The van der Waals surface area contributed by atoms with Crippen LogP contribution in [0.25, 0.3) is 0 Å². The Bertz CT molecular complexity index is 378. The van der Waals surface area contributed by atoms with E-state index in [9.17, 15) is 4.79 Å². The van der Waals surface area contributed by atoms with Crippen molar-refractivity contribution in [2.24, 2.45) is 0 Å². The van der Waals surface area contributed by atoms with Gasteiger partial charge >= 0.3 is 0 Å². The molecule has 0 aliphatic rings. The lowest BCUT2D eigenvalue weighted by atomic mass is 10.1. The van der Waals surface area contributed by atoms with E-state index in [0.29, 0.717) is 5.56 Å². The zero-order valence-corrected chi connectivity index (χ0v) is 11.0. The molecular weight excluding hydrogens is 204 g/mol. The molecule has 1 aromatic carbocycles. The second-order valence-electron chi connectivity index (χ2n) is 4.75. The van der Waals surface area contributed by atoms with Crippen LogP contribution in [0.4, 0.5) is 0 Å². The quantitative estimate of drug-likeness (QED) is 0.578. The lowest BCUT2D eigenvalue weighted by Crippen LogP contribution is -2.29. The molecule has 0 radical (unpaired) electrons. The van der Waals surface area contributed by atoms with E-state index in [1.807, 2.05) is 25.1 Å². The summed E-state index contributed by atoms with van der Waals surface area (Å²) >= 11 is 0. The summed E-state index contributed by atoms with van der Waals surface area (Å²) in [6, 6.07) is 5.62. The Morgan fingerprint density at radius 1 is 1.27 bits per heavy atom. The molecule has 0 amide bonds. The number of carbonyl (C=O) groups is 1. The van der Waals surface area contributed by atoms with Gasteiger partial charge in [0.15, 0.2) is 5.78 Å². The van der Waals surface area contributed by atoms with Crippen molar-refractivity contribution in [1.29, 1.82) is 0 Å². The van der Waals surface area contributed by atoms with E-state index in [0.717, 1.165) is 11.3 Å². The molecule has 0 N–H and O–H groups in total. The van der Waals surface area contributed by atoms with Gasteiger partial charge in [-0.15, -0.1) is 0 Å². The number of benzene rings is 1. The molecule has 0 saturated heterocycles. The van der Waals surface area contributed by atoms with Crippen LogP contribution in [-0.2, 0) is 0 Å². The van der Waals surface area contributed by atoms with E-state index in [-0.39, 0.29) is 5.78 Å². The molecule has 0 aliphatic heterocycles. The molecular formula is C12H18O2Si. The van der Waals surface area contributed by atoms with Crippen molar-refractivity contribution in [3.8, 4) is 5.75 Å². The largest absolute Gasteiger partial charge is 0.544 e. The highest BCUT2D eigenvalue weighted by atomic mass is 28.4. The van der Waals surface area contributed by atoms with Crippen LogP contribution in [0.5, 0.6) is 5.75 Å². The molecule has 0 bridgehead atoms. The van der Waals surface area contributed by atoms with Gasteiger partial charge in [-0.3, -0.25) is 4.79 Å². The number of Topliss-reactive ketones (excluding diaryl/α,β-unsaturated/α-hetero) is 1. The van der Waals surface area contributed by atoms with Gasteiger partial charge < -0.3 is 4.43 Å². The highest BCUT2D eigenvalue weighted by Crippen LogP contribution is 2.23. The summed E-state index contributed by atoms with van der Waals surface area (Å²) in [6.45, 7) is 9.97. The number of ketones is 1. The van der Waals surface area contributed by atoms with E-state index in [4.69, 9.17) is 4.43 Å². The second kappa shape index (κ2) is 4.19. The Hall–Kier alpha value is -1.09. The Morgan fingerprint density at radius 3 is 2.33 bits per heavy atom. The SMILES string of the molecule is CC(=O)c1ccc(C)c(O[Si](C)(C)C)c1. The minimum atomic E-state index is -1.60. The van der Waals surface area contributed by atoms with Gasteiger partial charge in [0.2, 0.25) is 8.32 Å². The Balaban J connectivity index is 3.06. The van der Waals surface area contributed by atoms with Crippen LogP contribution in [0.3, 0.4) is 0 Å². The van der Waals surface area contributed by atoms with E-state index in [2.05, 4.69) is 19.6 Å². The summed E-state index contributed by atoms with van der Waals surface area (Å²) in [5.74, 6) is 0.928. The van der Waals surface area contributed by atoms with Crippen LogP contribution in [0, 0.1) is 6.92 Å². The molecule has 0 aromatic heterocycles. The average molecular weight is 222 g/mol. The van der Waals surface area contributed by atoms with Gasteiger partial charge in [0, 0.05) is 5.56 Å². The molecule has 1 rings (SSSR count). The zero-order valence-electron chi connectivity index (χ0n) is 10.0. The number of rotatable bonds is 3. The summed E-state index contributed by atoms with van der Waals surface area (Å²) in [5.41, 5.74) is 1.80. The maximum Gasteiger partial charge on any atom is 0.242 e. The molecule has 0 aliphatic carbocycles. The molecule has 82 valence electrons. The van der Waals surface area contributed by atoms with E-state index in [1.165, 1.54) is 0 Å². The summed E-state index contributed by atoms with van der Waals surface area (Å²) in [6.07, 6.45) is 0. The maximum atomic E-state index is 11.2. The lowest BCUT2D eigenvalue weighted by molar-refractivity contribution is 0.101. The minimum absolute atomic E-state index is 0.0791. The molecule has 15 heavy (non-hydrogen) atoms. The van der Waals surface area contributed by atoms with Crippen LogP contribution in [0.1, 0.15) is 22.8 Å². The standard InChI is InChI=1S/C12H18O2Si/c1-9-6-7-11(10(2)13)8-12(9)14-15(3,4)5/h6-8H,1-5H3. The van der Waals surface area contributed by atoms with Crippen LogP contribution in [0.15, 0.2) is 18.2 Å². The molecule has 0 unspecified atom stereocenters. The molecule has 1 aromatic rings.